The number of benzene rings is 2. The van der Waals surface area contributed by atoms with Crippen molar-refractivity contribution in [1.29, 1.82) is 0 Å². The molecule has 0 spiro atoms. The van der Waals surface area contributed by atoms with Gasteiger partial charge in [0.05, 0.1) is 25.4 Å². The SMILES string of the molecule is Cl.O=C1/C(=C/c2ccc(OCCCN3CCOCC3)cc2)COc2cc(O)ccc21. The maximum absolute atomic E-state index is 12.6. The lowest BCUT2D eigenvalue weighted by Gasteiger charge is -2.26. The minimum atomic E-state index is -0.0744. The zero-order valence-corrected chi connectivity index (χ0v) is 17.5. The van der Waals surface area contributed by atoms with E-state index in [1.54, 1.807) is 6.07 Å². The lowest BCUT2D eigenvalue weighted by Crippen LogP contribution is -2.37. The third-order valence-corrected chi connectivity index (χ3v) is 5.10. The number of carbonyl (C=O) groups is 1. The standard InChI is InChI=1S/C23H25NO5.ClH/c25-19-4-7-21-22(15-19)29-16-18(23(21)26)14-17-2-5-20(6-3-17)28-11-1-8-24-9-12-27-13-10-24;/h2-7,14-15,25H,1,8-13,16H2;1H/b18-14+;. The van der Waals surface area contributed by atoms with Gasteiger partial charge in [-0.05, 0) is 42.3 Å². The number of hydrogen-bond donors (Lipinski definition) is 1. The van der Waals surface area contributed by atoms with Crippen molar-refractivity contribution in [3.05, 3.63) is 59.2 Å². The summed E-state index contributed by atoms with van der Waals surface area (Å²) in [5, 5.41) is 9.52. The van der Waals surface area contributed by atoms with Crippen LogP contribution in [0.15, 0.2) is 48.0 Å². The molecule has 7 heteroatoms. The largest absolute Gasteiger partial charge is 0.508 e. The number of phenols is 1. The van der Waals surface area contributed by atoms with Crippen LogP contribution in [0.5, 0.6) is 17.2 Å². The molecular formula is C23H26ClNO5. The van der Waals surface area contributed by atoms with Crippen molar-refractivity contribution in [3.63, 3.8) is 0 Å². The lowest BCUT2D eigenvalue weighted by molar-refractivity contribution is 0.0358. The molecule has 30 heavy (non-hydrogen) atoms. The first kappa shape index (κ1) is 22.2. The number of morpholine rings is 1. The second-order valence-corrected chi connectivity index (χ2v) is 7.19. The van der Waals surface area contributed by atoms with E-state index in [1.165, 1.54) is 12.1 Å². The van der Waals surface area contributed by atoms with Crippen LogP contribution in [0.2, 0.25) is 0 Å². The van der Waals surface area contributed by atoms with Gasteiger partial charge in [0.15, 0.2) is 5.78 Å². The number of carbonyl (C=O) groups excluding carboxylic acids is 1. The summed E-state index contributed by atoms with van der Waals surface area (Å²) in [6.45, 7) is 5.52. The van der Waals surface area contributed by atoms with Gasteiger partial charge in [-0.25, -0.2) is 0 Å². The quantitative estimate of drug-likeness (QED) is 0.557. The predicted molar refractivity (Wildman–Crippen MR) is 117 cm³/mol. The third kappa shape index (κ3) is 5.53. The average molecular weight is 432 g/mol. The number of Topliss-reactive ketones (excluding diaryl/α,β-unsaturated/α-hetero) is 1. The first-order chi connectivity index (χ1) is 14.2. The van der Waals surface area contributed by atoms with Crippen LogP contribution in [0.3, 0.4) is 0 Å². The van der Waals surface area contributed by atoms with Crippen LogP contribution in [0.25, 0.3) is 6.08 Å². The molecule has 6 nitrogen and oxygen atoms in total. The minimum absolute atomic E-state index is 0. The number of rotatable bonds is 6. The van der Waals surface area contributed by atoms with Gasteiger partial charge in [-0.2, -0.15) is 0 Å². The molecule has 160 valence electrons. The highest BCUT2D eigenvalue weighted by molar-refractivity contribution is 6.14. The molecule has 1 saturated heterocycles. The Bertz CT molecular complexity index is 891. The number of fused-ring (bicyclic) bond motifs is 1. The first-order valence-corrected chi connectivity index (χ1v) is 9.93. The zero-order valence-electron chi connectivity index (χ0n) is 16.7. The number of ketones is 1. The molecule has 2 aromatic rings. The monoisotopic (exact) mass is 431 g/mol. The van der Waals surface area contributed by atoms with Crippen LogP contribution in [0.1, 0.15) is 22.3 Å². The van der Waals surface area contributed by atoms with Gasteiger partial charge < -0.3 is 19.3 Å². The molecule has 0 aliphatic carbocycles. The molecule has 0 amide bonds. The van der Waals surface area contributed by atoms with Gasteiger partial charge in [0.25, 0.3) is 0 Å². The highest BCUT2D eigenvalue weighted by Gasteiger charge is 2.23. The van der Waals surface area contributed by atoms with E-state index in [2.05, 4.69) is 4.90 Å². The van der Waals surface area contributed by atoms with Crippen molar-refractivity contribution in [2.45, 2.75) is 6.42 Å². The molecule has 1 fully saturated rings. The van der Waals surface area contributed by atoms with E-state index in [9.17, 15) is 9.90 Å². The van der Waals surface area contributed by atoms with E-state index in [4.69, 9.17) is 14.2 Å². The highest BCUT2D eigenvalue weighted by Crippen LogP contribution is 2.31. The van der Waals surface area contributed by atoms with E-state index >= 15 is 0 Å². The molecule has 4 rings (SSSR count). The summed E-state index contributed by atoms with van der Waals surface area (Å²) in [5.41, 5.74) is 1.97. The minimum Gasteiger partial charge on any atom is -0.508 e. The van der Waals surface area contributed by atoms with E-state index in [0.717, 1.165) is 50.6 Å². The van der Waals surface area contributed by atoms with Gasteiger partial charge in [-0.15, -0.1) is 12.4 Å². The van der Waals surface area contributed by atoms with Crippen LogP contribution in [-0.2, 0) is 4.74 Å². The van der Waals surface area contributed by atoms with Gasteiger partial charge in [0.1, 0.15) is 23.9 Å². The average Bonchev–Trinajstić information content (AvgIpc) is 2.75. The lowest BCUT2D eigenvalue weighted by atomic mass is 9.98. The summed E-state index contributed by atoms with van der Waals surface area (Å²) in [4.78, 5) is 15.0. The molecular weight excluding hydrogens is 406 g/mol. The van der Waals surface area contributed by atoms with Crippen LogP contribution in [-0.4, -0.2) is 61.9 Å². The van der Waals surface area contributed by atoms with E-state index < -0.39 is 0 Å². The summed E-state index contributed by atoms with van der Waals surface area (Å²) in [5.74, 6) is 1.26. The van der Waals surface area contributed by atoms with E-state index in [0.29, 0.717) is 23.5 Å². The molecule has 2 aliphatic heterocycles. The van der Waals surface area contributed by atoms with Gasteiger partial charge in [0.2, 0.25) is 0 Å². The Kier molecular flexibility index (Phi) is 7.74. The first-order valence-electron chi connectivity index (χ1n) is 9.93. The second-order valence-electron chi connectivity index (χ2n) is 7.19. The van der Waals surface area contributed by atoms with Crippen molar-refractivity contribution in [2.24, 2.45) is 0 Å². The third-order valence-electron chi connectivity index (χ3n) is 5.10. The molecule has 0 aromatic heterocycles. The van der Waals surface area contributed by atoms with E-state index in [1.807, 2.05) is 30.3 Å². The van der Waals surface area contributed by atoms with Crippen molar-refractivity contribution < 1.29 is 24.1 Å². The Morgan fingerprint density at radius 2 is 1.87 bits per heavy atom. The number of phenolic OH excluding ortho intramolecular Hbond substituents is 1. The molecule has 0 atom stereocenters. The number of hydrogen-bond acceptors (Lipinski definition) is 6. The summed E-state index contributed by atoms with van der Waals surface area (Å²) in [7, 11) is 0. The van der Waals surface area contributed by atoms with Gasteiger partial charge in [-0.3, -0.25) is 9.69 Å². The Hall–Kier alpha value is -2.54. The fourth-order valence-electron chi connectivity index (χ4n) is 3.48. The zero-order chi connectivity index (χ0) is 20.1. The van der Waals surface area contributed by atoms with Crippen molar-refractivity contribution in [2.75, 3.05) is 46.1 Å². The topological polar surface area (TPSA) is 68.2 Å². The molecule has 0 unspecified atom stereocenters. The fraction of sp³-hybridized carbons (Fsp3) is 0.348. The van der Waals surface area contributed by atoms with Crippen molar-refractivity contribution in [1.82, 2.24) is 4.90 Å². The number of ether oxygens (including phenoxy) is 3. The predicted octanol–water partition coefficient (Wildman–Crippen LogP) is 3.57. The van der Waals surface area contributed by atoms with Gasteiger partial charge in [0, 0.05) is 31.3 Å². The smallest absolute Gasteiger partial charge is 0.196 e. The van der Waals surface area contributed by atoms with Crippen LogP contribution in [0, 0.1) is 0 Å². The Morgan fingerprint density at radius 1 is 1.10 bits per heavy atom. The van der Waals surface area contributed by atoms with Gasteiger partial charge >= 0.3 is 0 Å². The summed E-state index contributed by atoms with van der Waals surface area (Å²) < 4.78 is 16.8. The number of nitrogens with zero attached hydrogens (tertiary/aromatic N) is 1. The Balaban J connectivity index is 0.00000256. The maximum Gasteiger partial charge on any atom is 0.196 e. The Labute approximate surface area is 182 Å². The molecule has 0 saturated carbocycles. The molecule has 0 bridgehead atoms. The number of halogens is 1. The summed E-state index contributed by atoms with van der Waals surface area (Å²) >= 11 is 0. The molecule has 2 aromatic carbocycles. The maximum atomic E-state index is 12.6. The second kappa shape index (κ2) is 10.5. The highest BCUT2D eigenvalue weighted by atomic mass is 35.5. The molecule has 2 heterocycles. The fourth-order valence-corrected chi connectivity index (χ4v) is 3.48. The van der Waals surface area contributed by atoms with Crippen LogP contribution >= 0.6 is 12.4 Å². The summed E-state index contributed by atoms with van der Waals surface area (Å²) in [6, 6.07) is 12.3. The summed E-state index contributed by atoms with van der Waals surface area (Å²) in [6.07, 6.45) is 2.81. The molecule has 1 N–H and O–H groups in total. The normalized spacial score (nSPS) is 17.7. The van der Waals surface area contributed by atoms with E-state index in [-0.39, 0.29) is 30.5 Å². The Morgan fingerprint density at radius 3 is 2.63 bits per heavy atom. The van der Waals surface area contributed by atoms with Crippen molar-refractivity contribution in [3.8, 4) is 17.2 Å². The molecule has 2 aliphatic rings. The van der Waals surface area contributed by atoms with Gasteiger partial charge in [-0.1, -0.05) is 12.1 Å². The van der Waals surface area contributed by atoms with Crippen LogP contribution < -0.4 is 9.47 Å². The van der Waals surface area contributed by atoms with Crippen molar-refractivity contribution >= 4 is 24.3 Å². The number of aromatic hydroxyl groups is 1. The van der Waals surface area contributed by atoms with Crippen LogP contribution in [0.4, 0.5) is 0 Å². The molecule has 0 radical (unpaired) electrons.